The van der Waals surface area contributed by atoms with Crippen molar-refractivity contribution in [3.8, 4) is 11.5 Å². The lowest BCUT2D eigenvalue weighted by Crippen LogP contribution is -2.10. The third-order valence-corrected chi connectivity index (χ3v) is 6.64. The molecule has 0 saturated heterocycles. The van der Waals surface area contributed by atoms with Crippen molar-refractivity contribution in [3.63, 3.8) is 0 Å². The molecule has 172 valence electrons. The van der Waals surface area contributed by atoms with E-state index in [0.29, 0.717) is 13.2 Å². The number of para-hydroxylation sites is 2. The van der Waals surface area contributed by atoms with Crippen molar-refractivity contribution in [1.29, 1.82) is 0 Å². The normalized spacial score (nSPS) is 11.3. The Labute approximate surface area is 204 Å². The molecule has 0 atom stereocenters. The Hall–Kier alpha value is -3.50. The summed E-state index contributed by atoms with van der Waals surface area (Å²) in [4.78, 5) is 4.86. The Kier molecular flexibility index (Phi) is 6.41. The molecule has 5 aromatic rings. The summed E-state index contributed by atoms with van der Waals surface area (Å²) >= 11 is 6.28. The fourth-order valence-corrected chi connectivity index (χ4v) is 4.46. The molecule has 5 heteroatoms. The van der Waals surface area contributed by atoms with Gasteiger partial charge in [0.2, 0.25) is 0 Å². The first-order valence-electron chi connectivity index (χ1n) is 11.5. The fourth-order valence-electron chi connectivity index (χ4n) is 4.35. The van der Waals surface area contributed by atoms with E-state index in [1.165, 1.54) is 5.39 Å². The molecule has 0 radical (unpaired) electrons. The molecule has 0 amide bonds. The Bertz CT molecular complexity index is 1430. The van der Waals surface area contributed by atoms with Crippen molar-refractivity contribution in [1.82, 2.24) is 9.55 Å². The molecule has 0 bridgehead atoms. The van der Waals surface area contributed by atoms with Crippen LogP contribution in [-0.4, -0.2) is 16.2 Å². The van der Waals surface area contributed by atoms with Crippen molar-refractivity contribution in [2.24, 2.45) is 0 Å². The van der Waals surface area contributed by atoms with E-state index in [-0.39, 0.29) is 0 Å². The second-order valence-electron chi connectivity index (χ2n) is 8.51. The van der Waals surface area contributed by atoms with Crippen LogP contribution in [0.2, 0.25) is 5.02 Å². The molecule has 4 nitrogen and oxygen atoms in total. The van der Waals surface area contributed by atoms with Crippen LogP contribution in [0, 0.1) is 13.8 Å². The van der Waals surface area contributed by atoms with Gasteiger partial charge in [-0.05, 0) is 67.1 Å². The van der Waals surface area contributed by atoms with E-state index in [2.05, 4.69) is 28.8 Å². The van der Waals surface area contributed by atoms with Gasteiger partial charge in [0.15, 0.2) is 0 Å². The van der Waals surface area contributed by atoms with Gasteiger partial charge in [0.05, 0.1) is 17.6 Å². The maximum absolute atomic E-state index is 6.28. The van der Waals surface area contributed by atoms with Gasteiger partial charge in [-0.1, -0.05) is 60.1 Å². The molecule has 0 aliphatic heterocycles. The summed E-state index contributed by atoms with van der Waals surface area (Å²) in [6.45, 7) is 5.81. The van der Waals surface area contributed by atoms with E-state index < -0.39 is 0 Å². The zero-order chi connectivity index (χ0) is 23.5. The number of benzene rings is 4. The average molecular weight is 471 g/mol. The van der Waals surface area contributed by atoms with Crippen LogP contribution in [0.5, 0.6) is 11.5 Å². The molecule has 0 spiro atoms. The average Bonchev–Trinajstić information content (AvgIpc) is 3.21. The lowest BCUT2D eigenvalue weighted by atomic mass is 10.1. The smallest absolute Gasteiger partial charge is 0.148 e. The molecule has 0 saturated carbocycles. The summed E-state index contributed by atoms with van der Waals surface area (Å²) in [5, 5.41) is 3.07. The highest BCUT2D eigenvalue weighted by molar-refractivity contribution is 6.32. The standard InChI is InChI=1S/C29H27ClN2O2/c1-20-17-23(18-21(2)29(20)30)33-16-8-15-32-26-13-6-5-12-25(26)31-28(32)19-34-27-14-7-10-22-9-3-4-11-24(22)27/h3-7,9-14,17-18H,8,15-16,19H2,1-2H3. The quantitative estimate of drug-likeness (QED) is 0.220. The minimum Gasteiger partial charge on any atom is -0.494 e. The fraction of sp³-hybridized carbons (Fsp3) is 0.207. The van der Waals surface area contributed by atoms with Crippen molar-refractivity contribution < 1.29 is 9.47 Å². The Morgan fingerprint density at radius 3 is 2.44 bits per heavy atom. The van der Waals surface area contributed by atoms with Gasteiger partial charge >= 0.3 is 0 Å². The van der Waals surface area contributed by atoms with Crippen LogP contribution in [0.1, 0.15) is 23.4 Å². The highest BCUT2D eigenvalue weighted by atomic mass is 35.5. The molecule has 5 rings (SSSR count). The molecule has 1 heterocycles. The van der Waals surface area contributed by atoms with E-state index in [1.807, 2.05) is 68.4 Å². The van der Waals surface area contributed by atoms with Gasteiger partial charge in [-0.15, -0.1) is 0 Å². The first-order chi connectivity index (χ1) is 16.6. The second kappa shape index (κ2) is 9.78. The van der Waals surface area contributed by atoms with Crippen molar-refractivity contribution in [2.45, 2.75) is 33.4 Å². The third kappa shape index (κ3) is 4.59. The lowest BCUT2D eigenvalue weighted by molar-refractivity contribution is 0.282. The minimum absolute atomic E-state index is 0.402. The molecule has 0 aliphatic rings. The molecule has 4 aromatic carbocycles. The number of halogens is 1. The summed E-state index contributed by atoms with van der Waals surface area (Å²) < 4.78 is 14.5. The van der Waals surface area contributed by atoms with Gasteiger partial charge < -0.3 is 14.0 Å². The number of hydrogen-bond acceptors (Lipinski definition) is 3. The van der Waals surface area contributed by atoms with Crippen LogP contribution in [0.15, 0.2) is 78.9 Å². The summed E-state index contributed by atoms with van der Waals surface area (Å²) in [5.74, 6) is 2.63. The Balaban J connectivity index is 1.31. The van der Waals surface area contributed by atoms with Crippen LogP contribution in [0.25, 0.3) is 21.8 Å². The van der Waals surface area contributed by atoms with Gasteiger partial charge in [-0.25, -0.2) is 4.98 Å². The van der Waals surface area contributed by atoms with Gasteiger partial charge in [-0.2, -0.15) is 0 Å². The number of ether oxygens (including phenoxy) is 2. The number of imidazole rings is 1. The summed E-state index contributed by atoms with van der Waals surface area (Å²) in [7, 11) is 0. The number of aryl methyl sites for hydroxylation is 3. The summed E-state index contributed by atoms with van der Waals surface area (Å²) in [6, 6.07) is 26.6. The highest BCUT2D eigenvalue weighted by Crippen LogP contribution is 2.27. The van der Waals surface area contributed by atoms with Crippen LogP contribution >= 0.6 is 11.6 Å². The van der Waals surface area contributed by atoms with E-state index in [4.69, 9.17) is 26.1 Å². The highest BCUT2D eigenvalue weighted by Gasteiger charge is 2.12. The monoisotopic (exact) mass is 470 g/mol. The van der Waals surface area contributed by atoms with E-state index >= 15 is 0 Å². The lowest BCUT2D eigenvalue weighted by Gasteiger charge is -2.13. The van der Waals surface area contributed by atoms with Crippen LogP contribution in [-0.2, 0) is 13.2 Å². The summed E-state index contributed by atoms with van der Waals surface area (Å²) in [5.41, 5.74) is 4.15. The number of rotatable bonds is 8. The predicted molar refractivity (Wildman–Crippen MR) is 139 cm³/mol. The van der Waals surface area contributed by atoms with E-state index in [0.717, 1.165) is 62.9 Å². The van der Waals surface area contributed by atoms with Gasteiger partial charge in [0, 0.05) is 17.0 Å². The van der Waals surface area contributed by atoms with Crippen LogP contribution in [0.4, 0.5) is 0 Å². The van der Waals surface area contributed by atoms with Crippen LogP contribution < -0.4 is 9.47 Å². The molecule has 34 heavy (non-hydrogen) atoms. The molecular weight excluding hydrogens is 444 g/mol. The minimum atomic E-state index is 0.402. The topological polar surface area (TPSA) is 36.3 Å². The zero-order valence-electron chi connectivity index (χ0n) is 19.4. The molecule has 0 aliphatic carbocycles. The number of nitrogens with zero attached hydrogens (tertiary/aromatic N) is 2. The van der Waals surface area contributed by atoms with E-state index in [9.17, 15) is 0 Å². The summed E-state index contributed by atoms with van der Waals surface area (Å²) in [6.07, 6.45) is 0.850. The molecular formula is C29H27ClN2O2. The van der Waals surface area contributed by atoms with Gasteiger partial charge in [-0.3, -0.25) is 0 Å². The van der Waals surface area contributed by atoms with Crippen molar-refractivity contribution >= 4 is 33.4 Å². The number of aromatic nitrogens is 2. The Morgan fingerprint density at radius 1 is 0.853 bits per heavy atom. The maximum Gasteiger partial charge on any atom is 0.148 e. The first kappa shape index (κ1) is 22.3. The first-order valence-corrected chi connectivity index (χ1v) is 11.9. The zero-order valence-corrected chi connectivity index (χ0v) is 20.2. The second-order valence-corrected chi connectivity index (χ2v) is 8.89. The van der Waals surface area contributed by atoms with Crippen molar-refractivity contribution in [2.75, 3.05) is 6.61 Å². The Morgan fingerprint density at radius 2 is 1.59 bits per heavy atom. The number of hydrogen-bond donors (Lipinski definition) is 0. The SMILES string of the molecule is Cc1cc(OCCCn2c(COc3cccc4ccccc34)nc3ccccc32)cc(C)c1Cl. The van der Waals surface area contributed by atoms with E-state index in [1.54, 1.807) is 0 Å². The third-order valence-electron chi connectivity index (χ3n) is 6.04. The van der Waals surface area contributed by atoms with Gasteiger partial charge in [0.25, 0.3) is 0 Å². The number of fused-ring (bicyclic) bond motifs is 2. The van der Waals surface area contributed by atoms with Crippen LogP contribution in [0.3, 0.4) is 0 Å². The molecule has 1 aromatic heterocycles. The predicted octanol–water partition coefficient (Wildman–Crippen LogP) is 7.51. The molecule has 0 unspecified atom stereocenters. The largest absolute Gasteiger partial charge is 0.494 e. The maximum atomic E-state index is 6.28. The molecule has 0 N–H and O–H groups in total. The molecule has 0 fully saturated rings. The van der Waals surface area contributed by atoms with Crippen molar-refractivity contribution in [3.05, 3.63) is 101 Å². The van der Waals surface area contributed by atoms with Gasteiger partial charge in [0.1, 0.15) is 23.9 Å².